The van der Waals surface area contributed by atoms with Crippen molar-refractivity contribution >= 4 is 23.7 Å². The summed E-state index contributed by atoms with van der Waals surface area (Å²) < 4.78 is 7.24. The molecular formula is C27H22ClN5O2. The first-order chi connectivity index (χ1) is 17.0. The van der Waals surface area contributed by atoms with Crippen molar-refractivity contribution < 1.29 is 9.53 Å². The predicted molar refractivity (Wildman–Crippen MR) is 135 cm³/mol. The van der Waals surface area contributed by atoms with Crippen molar-refractivity contribution in [3.63, 3.8) is 0 Å². The Bertz CT molecular complexity index is 1370. The van der Waals surface area contributed by atoms with E-state index in [1.54, 1.807) is 28.9 Å². The maximum Gasteiger partial charge on any atom is 0.277 e. The summed E-state index contributed by atoms with van der Waals surface area (Å²) in [4.78, 5) is 12.1. The molecule has 0 radical (unpaired) electrons. The molecule has 1 heterocycles. The molecule has 0 aliphatic carbocycles. The number of aromatic nitrogens is 2. The number of nitrogens with zero attached hydrogens (tertiary/aromatic N) is 4. The minimum Gasteiger partial charge on any atom is -0.484 e. The average molecular weight is 484 g/mol. The lowest BCUT2D eigenvalue weighted by Crippen LogP contribution is -2.24. The van der Waals surface area contributed by atoms with Gasteiger partial charge in [0.2, 0.25) is 0 Å². The molecule has 1 aromatic heterocycles. The number of nitriles is 1. The first kappa shape index (κ1) is 23.7. The third-order valence-corrected chi connectivity index (χ3v) is 5.64. The highest BCUT2D eigenvalue weighted by Crippen LogP contribution is 2.23. The molecule has 0 saturated carbocycles. The second kappa shape index (κ2) is 11.1. The third-order valence-electron chi connectivity index (χ3n) is 5.24. The van der Waals surface area contributed by atoms with Crippen LogP contribution < -0.4 is 10.2 Å². The van der Waals surface area contributed by atoms with Crippen LogP contribution in [-0.2, 0) is 11.3 Å². The van der Waals surface area contributed by atoms with Gasteiger partial charge in [0.05, 0.1) is 35.6 Å². The number of hydrogen-bond acceptors (Lipinski definition) is 5. The maximum absolute atomic E-state index is 12.1. The summed E-state index contributed by atoms with van der Waals surface area (Å²) in [7, 11) is 0. The highest BCUT2D eigenvalue weighted by Gasteiger charge is 2.12. The summed E-state index contributed by atoms with van der Waals surface area (Å²) in [6.45, 7) is 2.19. The van der Waals surface area contributed by atoms with Crippen LogP contribution in [0.2, 0.25) is 5.15 Å². The molecule has 0 bridgehead atoms. The average Bonchev–Trinajstić information content (AvgIpc) is 3.15. The van der Waals surface area contributed by atoms with Gasteiger partial charge >= 0.3 is 0 Å². The van der Waals surface area contributed by atoms with Crippen LogP contribution in [0.1, 0.15) is 22.4 Å². The SMILES string of the molecule is Cc1nn(Cc2ccccc2)c(Cl)c1/C=N/NC(=O)COc1ccc(-c2ccc(C#N)cc2)cc1. The van der Waals surface area contributed by atoms with E-state index in [0.717, 1.165) is 16.7 Å². The number of hydrazone groups is 1. The number of carbonyl (C=O) groups is 1. The van der Waals surface area contributed by atoms with E-state index in [4.69, 9.17) is 21.6 Å². The molecule has 0 aliphatic rings. The maximum atomic E-state index is 12.1. The van der Waals surface area contributed by atoms with Crippen molar-refractivity contribution in [1.82, 2.24) is 15.2 Å². The molecular weight excluding hydrogens is 462 g/mol. The molecule has 174 valence electrons. The first-order valence-electron chi connectivity index (χ1n) is 10.9. The number of hydrogen-bond donors (Lipinski definition) is 1. The van der Waals surface area contributed by atoms with Crippen LogP contribution >= 0.6 is 11.6 Å². The first-order valence-corrected chi connectivity index (χ1v) is 11.2. The summed E-state index contributed by atoms with van der Waals surface area (Å²) in [5.74, 6) is 0.158. The second-order valence-corrected chi connectivity index (χ2v) is 8.09. The Morgan fingerprint density at radius 1 is 1.09 bits per heavy atom. The fourth-order valence-electron chi connectivity index (χ4n) is 3.41. The molecule has 0 saturated heterocycles. The van der Waals surface area contributed by atoms with E-state index in [1.165, 1.54) is 6.21 Å². The summed E-state index contributed by atoms with van der Waals surface area (Å²) in [5, 5.41) is 17.8. The molecule has 0 aliphatic heterocycles. The van der Waals surface area contributed by atoms with E-state index in [-0.39, 0.29) is 6.61 Å². The Hall–Kier alpha value is -4.41. The van der Waals surface area contributed by atoms with Crippen molar-refractivity contribution in [2.24, 2.45) is 5.10 Å². The lowest BCUT2D eigenvalue weighted by atomic mass is 10.0. The largest absolute Gasteiger partial charge is 0.484 e. The smallest absolute Gasteiger partial charge is 0.277 e. The van der Waals surface area contributed by atoms with E-state index in [2.05, 4.69) is 21.7 Å². The summed E-state index contributed by atoms with van der Waals surface area (Å²) in [6.07, 6.45) is 1.48. The Labute approximate surface area is 208 Å². The number of nitrogens with one attached hydrogen (secondary N) is 1. The molecule has 35 heavy (non-hydrogen) atoms. The summed E-state index contributed by atoms with van der Waals surface area (Å²) in [5.41, 5.74) is 7.46. The highest BCUT2D eigenvalue weighted by atomic mass is 35.5. The molecule has 7 nitrogen and oxygen atoms in total. The molecule has 1 N–H and O–H groups in total. The molecule has 0 spiro atoms. The Kier molecular flexibility index (Phi) is 7.56. The van der Waals surface area contributed by atoms with Crippen molar-refractivity contribution in [1.29, 1.82) is 5.26 Å². The van der Waals surface area contributed by atoms with E-state index in [1.807, 2.05) is 61.5 Å². The van der Waals surface area contributed by atoms with Gasteiger partial charge in [-0.3, -0.25) is 4.79 Å². The van der Waals surface area contributed by atoms with E-state index in [0.29, 0.717) is 34.3 Å². The number of rotatable bonds is 8. The van der Waals surface area contributed by atoms with Crippen molar-refractivity contribution in [3.8, 4) is 22.9 Å². The van der Waals surface area contributed by atoms with Gasteiger partial charge in [-0.1, -0.05) is 66.2 Å². The van der Waals surface area contributed by atoms with Gasteiger partial charge in [-0.05, 0) is 47.9 Å². The summed E-state index contributed by atoms with van der Waals surface area (Å²) >= 11 is 6.47. The Balaban J connectivity index is 1.29. The fourth-order valence-corrected chi connectivity index (χ4v) is 3.69. The number of benzene rings is 3. The van der Waals surface area contributed by atoms with Crippen LogP contribution in [0, 0.1) is 18.3 Å². The van der Waals surface area contributed by atoms with Gasteiger partial charge in [0.25, 0.3) is 5.91 Å². The molecule has 0 unspecified atom stereocenters. The number of amides is 1. The standard InChI is InChI=1S/C27H22ClN5O2/c1-19-25(27(28)33(32-19)17-21-5-3-2-4-6-21)16-30-31-26(34)18-35-24-13-11-23(12-14-24)22-9-7-20(15-29)8-10-22/h2-14,16H,17-18H2,1H3,(H,31,34)/b30-16+. The van der Waals surface area contributed by atoms with Gasteiger partial charge in [-0.25, -0.2) is 10.1 Å². The number of halogens is 1. The lowest BCUT2D eigenvalue weighted by molar-refractivity contribution is -0.123. The topological polar surface area (TPSA) is 92.3 Å². The van der Waals surface area contributed by atoms with Crippen LogP contribution in [0.3, 0.4) is 0 Å². The van der Waals surface area contributed by atoms with Crippen LogP contribution in [0.25, 0.3) is 11.1 Å². The number of aryl methyl sites for hydroxylation is 1. The van der Waals surface area contributed by atoms with Gasteiger partial charge in [-0.2, -0.15) is 15.5 Å². The zero-order valence-electron chi connectivity index (χ0n) is 19.0. The fraction of sp³-hybridized carbons (Fsp3) is 0.111. The van der Waals surface area contributed by atoms with Gasteiger partial charge < -0.3 is 4.74 Å². The highest BCUT2D eigenvalue weighted by molar-refractivity contribution is 6.32. The van der Waals surface area contributed by atoms with Gasteiger partial charge in [0, 0.05) is 0 Å². The predicted octanol–water partition coefficient (Wildman–Crippen LogP) is 4.96. The zero-order chi connectivity index (χ0) is 24.6. The van der Waals surface area contributed by atoms with Gasteiger partial charge in [0.1, 0.15) is 10.9 Å². The lowest BCUT2D eigenvalue weighted by Gasteiger charge is -2.07. The monoisotopic (exact) mass is 483 g/mol. The van der Waals surface area contributed by atoms with Crippen LogP contribution in [0.15, 0.2) is 84.0 Å². The minimum absolute atomic E-state index is 0.187. The van der Waals surface area contributed by atoms with Gasteiger partial charge in [-0.15, -0.1) is 0 Å². The van der Waals surface area contributed by atoms with Crippen LogP contribution in [0.4, 0.5) is 0 Å². The van der Waals surface area contributed by atoms with Crippen molar-refractivity contribution in [2.75, 3.05) is 6.61 Å². The number of ether oxygens (including phenoxy) is 1. The second-order valence-electron chi connectivity index (χ2n) is 7.73. The van der Waals surface area contributed by atoms with Crippen molar-refractivity contribution in [2.45, 2.75) is 13.5 Å². The van der Waals surface area contributed by atoms with Crippen LogP contribution in [-0.4, -0.2) is 28.5 Å². The molecule has 0 fully saturated rings. The summed E-state index contributed by atoms with van der Waals surface area (Å²) in [6, 6.07) is 26.7. The van der Waals surface area contributed by atoms with Crippen LogP contribution in [0.5, 0.6) is 5.75 Å². The Morgan fingerprint density at radius 2 is 1.74 bits per heavy atom. The van der Waals surface area contributed by atoms with E-state index < -0.39 is 5.91 Å². The third kappa shape index (κ3) is 6.14. The minimum atomic E-state index is -0.400. The molecule has 4 aromatic rings. The molecule has 3 aromatic carbocycles. The molecule has 4 rings (SSSR count). The molecule has 0 atom stereocenters. The zero-order valence-corrected chi connectivity index (χ0v) is 19.7. The number of carbonyl (C=O) groups excluding carboxylic acids is 1. The van der Waals surface area contributed by atoms with Gasteiger partial charge in [0.15, 0.2) is 6.61 Å². The van der Waals surface area contributed by atoms with E-state index in [9.17, 15) is 4.79 Å². The van der Waals surface area contributed by atoms with Crippen molar-refractivity contribution in [3.05, 3.63) is 106 Å². The molecule has 8 heteroatoms. The Morgan fingerprint density at radius 3 is 2.40 bits per heavy atom. The normalized spacial score (nSPS) is 10.8. The quantitative estimate of drug-likeness (QED) is 0.283. The van der Waals surface area contributed by atoms with E-state index >= 15 is 0 Å². The molecule has 1 amide bonds.